The Morgan fingerprint density at radius 3 is 1.33 bits per heavy atom. The van der Waals surface area contributed by atoms with Gasteiger partial charge in [-0.3, -0.25) is 5.32 Å². The number of ether oxygens (including phenoxy) is 3. The summed E-state index contributed by atoms with van der Waals surface area (Å²) in [7, 11) is 0. The van der Waals surface area contributed by atoms with Gasteiger partial charge in [0.25, 0.3) is 0 Å². The van der Waals surface area contributed by atoms with Crippen molar-refractivity contribution in [2.45, 2.75) is 121 Å². The van der Waals surface area contributed by atoms with E-state index < -0.39 is 17.8 Å². The highest BCUT2D eigenvalue weighted by atomic mass is 16.6. The van der Waals surface area contributed by atoms with Gasteiger partial charge >= 0.3 is 6.09 Å². The number of benzene rings is 4. The van der Waals surface area contributed by atoms with Crippen molar-refractivity contribution in [1.29, 1.82) is 0 Å². The molecule has 0 aliphatic rings. The average molecular weight is 706 g/mol. The van der Waals surface area contributed by atoms with Gasteiger partial charge in [-0.15, -0.1) is 0 Å². The molecule has 0 bridgehead atoms. The summed E-state index contributed by atoms with van der Waals surface area (Å²) in [4.78, 5) is 13.1. The maximum Gasteiger partial charge on any atom is 0.412 e. The molecule has 4 rings (SSSR count). The van der Waals surface area contributed by atoms with Crippen LogP contribution in [0.2, 0.25) is 0 Å². The maximum absolute atomic E-state index is 13.1. The van der Waals surface area contributed by atoms with E-state index in [1.807, 2.05) is 84.9 Å². The molecule has 280 valence electrons. The number of amides is 1. The van der Waals surface area contributed by atoms with Gasteiger partial charge in [-0.25, -0.2) is 4.79 Å². The predicted molar refractivity (Wildman–Crippen MR) is 216 cm³/mol. The zero-order chi connectivity index (χ0) is 36.4. The summed E-state index contributed by atoms with van der Waals surface area (Å²) in [6.45, 7) is 3.29. The molecule has 0 fully saturated rings. The number of anilines is 1. The van der Waals surface area contributed by atoms with Gasteiger partial charge in [-0.05, 0) is 35.2 Å². The molecule has 4 aromatic carbocycles. The minimum absolute atomic E-state index is 0.139. The second-order valence-electron chi connectivity index (χ2n) is 14.0. The average Bonchev–Trinajstić information content (AvgIpc) is 3.19. The number of hydrogen-bond acceptors (Lipinski definition) is 4. The van der Waals surface area contributed by atoms with Crippen LogP contribution in [0.25, 0.3) is 0 Å². The fourth-order valence-corrected chi connectivity index (χ4v) is 6.89. The van der Waals surface area contributed by atoms with Gasteiger partial charge in [0.2, 0.25) is 0 Å². The van der Waals surface area contributed by atoms with Crippen molar-refractivity contribution in [1.82, 2.24) is 0 Å². The van der Waals surface area contributed by atoms with E-state index in [0.717, 1.165) is 29.5 Å². The zero-order valence-electron chi connectivity index (χ0n) is 31.7. The van der Waals surface area contributed by atoms with Crippen molar-refractivity contribution in [3.05, 3.63) is 138 Å². The molecule has 52 heavy (non-hydrogen) atoms. The van der Waals surface area contributed by atoms with E-state index in [-0.39, 0.29) is 13.2 Å². The van der Waals surface area contributed by atoms with E-state index in [4.69, 9.17) is 14.2 Å². The van der Waals surface area contributed by atoms with Crippen LogP contribution in [0.15, 0.2) is 121 Å². The first-order chi connectivity index (χ1) is 25.7. The van der Waals surface area contributed by atoms with E-state index in [2.05, 4.69) is 48.6 Å². The first-order valence-electron chi connectivity index (χ1n) is 20.1. The Morgan fingerprint density at radius 1 is 0.519 bits per heavy atom. The van der Waals surface area contributed by atoms with E-state index in [9.17, 15) is 4.79 Å². The smallest absolute Gasteiger partial charge is 0.412 e. The van der Waals surface area contributed by atoms with Gasteiger partial charge in [0.05, 0.1) is 13.2 Å². The van der Waals surface area contributed by atoms with E-state index in [1.165, 1.54) is 89.9 Å². The molecule has 1 amide bonds. The third-order valence-electron chi connectivity index (χ3n) is 9.77. The summed E-state index contributed by atoms with van der Waals surface area (Å²) in [6.07, 6.45) is 20.2. The molecule has 1 unspecified atom stereocenters. The van der Waals surface area contributed by atoms with Gasteiger partial charge in [-0.1, -0.05) is 212 Å². The number of carbonyl (C=O) groups is 1. The molecule has 0 spiro atoms. The summed E-state index contributed by atoms with van der Waals surface area (Å²) in [5.41, 5.74) is 2.74. The zero-order valence-corrected chi connectivity index (χ0v) is 31.7. The highest BCUT2D eigenvalue weighted by Gasteiger charge is 2.38. The minimum Gasteiger partial charge on any atom is -0.441 e. The molecule has 0 saturated heterocycles. The third-order valence-corrected chi connectivity index (χ3v) is 9.77. The highest BCUT2D eigenvalue weighted by molar-refractivity contribution is 5.84. The number of unbranched alkanes of at least 4 members (excludes halogenated alkanes) is 15. The molecule has 5 nitrogen and oxygen atoms in total. The van der Waals surface area contributed by atoms with Crippen LogP contribution in [-0.4, -0.2) is 32.0 Å². The van der Waals surface area contributed by atoms with E-state index in [1.54, 1.807) is 0 Å². The van der Waals surface area contributed by atoms with Crippen molar-refractivity contribution in [3.63, 3.8) is 0 Å². The van der Waals surface area contributed by atoms with Crippen molar-refractivity contribution < 1.29 is 19.0 Å². The van der Waals surface area contributed by atoms with Crippen LogP contribution in [0.3, 0.4) is 0 Å². The minimum atomic E-state index is -0.921. The Hall–Kier alpha value is -3.93. The summed E-state index contributed by atoms with van der Waals surface area (Å²) in [5, 5.41) is 2.85. The molecule has 4 aromatic rings. The van der Waals surface area contributed by atoms with Crippen molar-refractivity contribution >= 4 is 11.8 Å². The Labute approximate surface area is 314 Å². The maximum atomic E-state index is 13.1. The third kappa shape index (κ3) is 14.6. The lowest BCUT2D eigenvalue weighted by Gasteiger charge is -2.37. The number of carbonyl (C=O) groups excluding carboxylic acids is 1. The molecular formula is C47H63NO4. The molecule has 0 aromatic heterocycles. The van der Waals surface area contributed by atoms with Crippen molar-refractivity contribution in [2.75, 3.05) is 25.1 Å². The molecule has 1 atom stereocenters. The first-order valence-corrected chi connectivity index (χ1v) is 20.1. The Balaban J connectivity index is 1.27. The van der Waals surface area contributed by atoms with Gasteiger partial charge in [0, 0.05) is 12.3 Å². The normalized spacial score (nSPS) is 12.0. The largest absolute Gasteiger partial charge is 0.441 e. The summed E-state index contributed by atoms with van der Waals surface area (Å²) < 4.78 is 19.2. The molecule has 0 saturated carbocycles. The molecule has 5 heteroatoms. The predicted octanol–water partition coefficient (Wildman–Crippen LogP) is 12.9. The summed E-state index contributed by atoms with van der Waals surface area (Å²) in [6, 6.07) is 40.1. The van der Waals surface area contributed by atoms with Crippen LogP contribution in [0.1, 0.15) is 126 Å². The molecule has 0 aliphatic carbocycles. The van der Waals surface area contributed by atoms with Crippen LogP contribution in [0, 0.1) is 0 Å². The molecular weight excluding hydrogens is 643 g/mol. The molecule has 0 heterocycles. The highest BCUT2D eigenvalue weighted by Crippen LogP contribution is 2.40. The molecule has 0 aliphatic heterocycles. The Morgan fingerprint density at radius 2 is 0.904 bits per heavy atom. The van der Waals surface area contributed by atoms with Crippen LogP contribution in [0.4, 0.5) is 10.5 Å². The van der Waals surface area contributed by atoms with Crippen LogP contribution in [-0.2, 0) is 19.8 Å². The second kappa shape index (κ2) is 25.1. The molecule has 0 radical (unpaired) electrons. The van der Waals surface area contributed by atoms with Gasteiger partial charge in [-0.2, -0.15) is 0 Å². The van der Waals surface area contributed by atoms with E-state index in [0.29, 0.717) is 12.3 Å². The summed E-state index contributed by atoms with van der Waals surface area (Å²) >= 11 is 0. The summed E-state index contributed by atoms with van der Waals surface area (Å²) in [5.74, 6) is 0. The second-order valence-corrected chi connectivity index (χ2v) is 14.0. The van der Waals surface area contributed by atoms with Crippen LogP contribution in [0.5, 0.6) is 0 Å². The molecule has 1 N–H and O–H groups in total. The SMILES string of the molecule is CCCCCCCCCCCCCCCCCCOCC(COC(c1ccccc1)(c1ccccc1)c1ccccc1)OC(=O)Nc1ccccc1. The lowest BCUT2D eigenvalue weighted by Crippen LogP contribution is -2.38. The Bertz CT molecular complexity index is 1350. The first kappa shape index (κ1) is 40.8. The van der Waals surface area contributed by atoms with Crippen molar-refractivity contribution in [3.8, 4) is 0 Å². The topological polar surface area (TPSA) is 56.8 Å². The fraction of sp³-hybridized carbons (Fsp3) is 0.468. The van der Waals surface area contributed by atoms with Crippen LogP contribution < -0.4 is 5.32 Å². The number of rotatable bonds is 27. The Kier molecular flexibility index (Phi) is 19.7. The fourth-order valence-electron chi connectivity index (χ4n) is 6.89. The number of para-hydroxylation sites is 1. The quantitative estimate of drug-likeness (QED) is 0.0496. The van der Waals surface area contributed by atoms with Crippen molar-refractivity contribution in [2.24, 2.45) is 0 Å². The number of nitrogens with one attached hydrogen (secondary N) is 1. The van der Waals surface area contributed by atoms with E-state index >= 15 is 0 Å². The van der Waals surface area contributed by atoms with Gasteiger partial charge in [0.1, 0.15) is 5.60 Å². The number of hydrogen-bond donors (Lipinski definition) is 1. The monoisotopic (exact) mass is 705 g/mol. The lowest BCUT2D eigenvalue weighted by atomic mass is 9.80. The standard InChI is InChI=1S/C47H63NO4/c1-2-3-4-5-6-7-8-9-10-11-12-13-14-15-16-29-38-50-39-45(52-46(49)48-44-36-27-20-28-37-44)40-51-47(41-30-21-17-22-31-41,42-32-23-18-24-33-42)43-34-25-19-26-35-43/h17-28,30-37,45H,2-16,29,38-40H2,1H3,(H,48,49). The van der Waals surface area contributed by atoms with Gasteiger partial charge < -0.3 is 14.2 Å². The lowest BCUT2D eigenvalue weighted by molar-refractivity contribution is -0.0662. The van der Waals surface area contributed by atoms with Crippen LogP contribution >= 0.6 is 0 Å². The van der Waals surface area contributed by atoms with Gasteiger partial charge in [0.15, 0.2) is 6.10 Å².